The molecule has 0 aliphatic heterocycles. The zero-order chi connectivity index (χ0) is 11.3. The molecule has 1 aliphatic rings. The van der Waals surface area contributed by atoms with Crippen molar-refractivity contribution in [2.75, 3.05) is 19.0 Å². The second-order valence-electron chi connectivity index (χ2n) is 5.49. The molecule has 0 amide bonds. The summed E-state index contributed by atoms with van der Waals surface area (Å²) in [7, 11) is 0. The van der Waals surface area contributed by atoms with Gasteiger partial charge in [0, 0.05) is 18.5 Å². The van der Waals surface area contributed by atoms with Gasteiger partial charge in [-0.15, -0.1) is 11.6 Å². The molecule has 0 aromatic heterocycles. The van der Waals surface area contributed by atoms with Crippen LogP contribution in [0.5, 0.6) is 0 Å². The fourth-order valence-electron chi connectivity index (χ4n) is 2.05. The Morgan fingerprint density at radius 3 is 2.33 bits per heavy atom. The molecule has 0 aromatic rings. The molecule has 1 atom stereocenters. The number of hydrogen-bond donors (Lipinski definition) is 0. The van der Waals surface area contributed by atoms with Gasteiger partial charge in [0.2, 0.25) is 0 Å². The maximum absolute atomic E-state index is 5.76. The van der Waals surface area contributed by atoms with Crippen molar-refractivity contribution in [3.05, 3.63) is 0 Å². The van der Waals surface area contributed by atoms with E-state index in [9.17, 15) is 0 Å². The summed E-state index contributed by atoms with van der Waals surface area (Å²) in [4.78, 5) is 2.69. The fraction of sp³-hybridized carbons (Fsp3) is 1.00. The first kappa shape index (κ1) is 13.3. The van der Waals surface area contributed by atoms with Crippen molar-refractivity contribution in [3.8, 4) is 0 Å². The SMILES string of the molecule is CC(C)CN(CCC(C)CCCl)C1CC1. The zero-order valence-electron chi connectivity index (χ0n) is 10.5. The molecular weight excluding hydrogens is 206 g/mol. The first-order valence-corrected chi connectivity index (χ1v) is 6.97. The molecule has 1 rings (SSSR count). The van der Waals surface area contributed by atoms with Gasteiger partial charge >= 0.3 is 0 Å². The smallest absolute Gasteiger partial charge is 0.0225 e. The van der Waals surface area contributed by atoms with Crippen LogP contribution in [0, 0.1) is 11.8 Å². The highest BCUT2D eigenvalue weighted by Gasteiger charge is 2.28. The van der Waals surface area contributed by atoms with Crippen LogP contribution >= 0.6 is 11.6 Å². The van der Waals surface area contributed by atoms with Crippen molar-refractivity contribution in [1.29, 1.82) is 0 Å². The quantitative estimate of drug-likeness (QED) is 0.575. The Morgan fingerprint density at radius 2 is 1.87 bits per heavy atom. The Morgan fingerprint density at radius 1 is 1.20 bits per heavy atom. The van der Waals surface area contributed by atoms with E-state index in [4.69, 9.17) is 11.6 Å². The average Bonchev–Trinajstić information content (AvgIpc) is 2.95. The third kappa shape index (κ3) is 5.77. The maximum Gasteiger partial charge on any atom is 0.0225 e. The molecule has 0 saturated heterocycles. The Balaban J connectivity index is 2.19. The van der Waals surface area contributed by atoms with Crippen molar-refractivity contribution >= 4 is 11.6 Å². The van der Waals surface area contributed by atoms with Crippen molar-refractivity contribution in [2.45, 2.75) is 52.5 Å². The molecular formula is C13H26ClN. The van der Waals surface area contributed by atoms with Gasteiger partial charge < -0.3 is 4.90 Å². The molecule has 1 aliphatic carbocycles. The molecule has 0 spiro atoms. The third-order valence-electron chi connectivity index (χ3n) is 3.17. The van der Waals surface area contributed by atoms with E-state index in [1.54, 1.807) is 0 Å². The molecule has 2 heteroatoms. The van der Waals surface area contributed by atoms with Crippen molar-refractivity contribution < 1.29 is 0 Å². The lowest BCUT2D eigenvalue weighted by Crippen LogP contribution is -2.31. The summed E-state index contributed by atoms with van der Waals surface area (Å²) in [6, 6.07) is 0.913. The summed E-state index contributed by atoms with van der Waals surface area (Å²) in [5.74, 6) is 2.40. The Labute approximate surface area is 100 Å². The molecule has 1 unspecified atom stereocenters. The first-order valence-electron chi connectivity index (χ1n) is 6.43. The monoisotopic (exact) mass is 231 g/mol. The number of nitrogens with zero attached hydrogens (tertiary/aromatic N) is 1. The van der Waals surface area contributed by atoms with Crippen LogP contribution in [-0.2, 0) is 0 Å². The van der Waals surface area contributed by atoms with Crippen LogP contribution in [0.1, 0.15) is 46.5 Å². The topological polar surface area (TPSA) is 3.24 Å². The predicted molar refractivity (Wildman–Crippen MR) is 68.6 cm³/mol. The van der Waals surface area contributed by atoms with Gasteiger partial charge in [-0.25, -0.2) is 0 Å². The molecule has 0 bridgehead atoms. The van der Waals surface area contributed by atoms with Gasteiger partial charge in [-0.1, -0.05) is 20.8 Å². The van der Waals surface area contributed by atoms with E-state index in [1.807, 2.05) is 0 Å². The molecule has 0 radical (unpaired) electrons. The van der Waals surface area contributed by atoms with Crippen molar-refractivity contribution in [1.82, 2.24) is 4.90 Å². The number of hydrogen-bond acceptors (Lipinski definition) is 1. The standard InChI is InChI=1S/C13H26ClN/c1-11(2)10-15(13-4-5-13)9-7-12(3)6-8-14/h11-13H,4-10H2,1-3H3. The minimum atomic E-state index is 0.788. The summed E-state index contributed by atoms with van der Waals surface area (Å²) in [6.45, 7) is 9.51. The Bertz CT molecular complexity index is 166. The summed E-state index contributed by atoms with van der Waals surface area (Å²) in [5.41, 5.74) is 0. The highest BCUT2D eigenvalue weighted by Crippen LogP contribution is 2.28. The number of rotatable bonds is 8. The molecule has 1 fully saturated rings. The third-order valence-corrected chi connectivity index (χ3v) is 3.39. The highest BCUT2D eigenvalue weighted by atomic mass is 35.5. The second-order valence-corrected chi connectivity index (χ2v) is 5.87. The lowest BCUT2D eigenvalue weighted by Gasteiger charge is -2.25. The minimum absolute atomic E-state index is 0.788. The van der Waals surface area contributed by atoms with E-state index in [2.05, 4.69) is 25.7 Å². The Hall–Kier alpha value is 0.250. The summed E-state index contributed by atoms with van der Waals surface area (Å²) in [6.07, 6.45) is 5.34. The van der Waals surface area contributed by atoms with Gasteiger partial charge in [-0.05, 0) is 44.1 Å². The van der Waals surface area contributed by atoms with Gasteiger partial charge in [-0.3, -0.25) is 0 Å². The second kappa shape index (κ2) is 6.75. The lowest BCUT2D eigenvalue weighted by molar-refractivity contribution is 0.219. The number of halogens is 1. The molecule has 1 saturated carbocycles. The van der Waals surface area contributed by atoms with Gasteiger partial charge in [0.25, 0.3) is 0 Å². The predicted octanol–water partition coefficient (Wildman–Crippen LogP) is 3.76. The van der Waals surface area contributed by atoms with Crippen LogP contribution in [0.15, 0.2) is 0 Å². The van der Waals surface area contributed by atoms with Crippen LogP contribution in [-0.4, -0.2) is 29.9 Å². The van der Waals surface area contributed by atoms with Crippen molar-refractivity contribution in [3.63, 3.8) is 0 Å². The molecule has 0 N–H and O–H groups in total. The average molecular weight is 232 g/mol. The molecule has 15 heavy (non-hydrogen) atoms. The van der Waals surface area contributed by atoms with E-state index < -0.39 is 0 Å². The highest BCUT2D eigenvalue weighted by molar-refractivity contribution is 6.17. The largest absolute Gasteiger partial charge is 0.300 e. The summed E-state index contributed by atoms with van der Waals surface area (Å²) >= 11 is 5.76. The minimum Gasteiger partial charge on any atom is -0.300 e. The maximum atomic E-state index is 5.76. The van der Waals surface area contributed by atoms with E-state index in [1.165, 1.54) is 38.8 Å². The van der Waals surface area contributed by atoms with Crippen LogP contribution in [0.25, 0.3) is 0 Å². The van der Waals surface area contributed by atoms with Crippen LogP contribution in [0.3, 0.4) is 0 Å². The summed E-state index contributed by atoms with van der Waals surface area (Å²) < 4.78 is 0. The normalized spacial score (nSPS) is 18.8. The van der Waals surface area contributed by atoms with E-state index in [0.717, 1.165) is 23.8 Å². The summed E-state index contributed by atoms with van der Waals surface area (Å²) in [5, 5.41) is 0. The molecule has 0 heterocycles. The zero-order valence-corrected chi connectivity index (χ0v) is 11.3. The van der Waals surface area contributed by atoms with Gasteiger partial charge in [0.05, 0.1) is 0 Å². The van der Waals surface area contributed by atoms with Crippen LogP contribution < -0.4 is 0 Å². The van der Waals surface area contributed by atoms with Crippen molar-refractivity contribution in [2.24, 2.45) is 11.8 Å². The molecule has 1 nitrogen and oxygen atoms in total. The van der Waals surface area contributed by atoms with E-state index in [0.29, 0.717) is 0 Å². The van der Waals surface area contributed by atoms with E-state index in [-0.39, 0.29) is 0 Å². The van der Waals surface area contributed by atoms with Gasteiger partial charge in [0.1, 0.15) is 0 Å². The van der Waals surface area contributed by atoms with Crippen LogP contribution in [0.2, 0.25) is 0 Å². The molecule has 0 aromatic carbocycles. The van der Waals surface area contributed by atoms with Crippen LogP contribution in [0.4, 0.5) is 0 Å². The molecule has 90 valence electrons. The number of alkyl halides is 1. The Kier molecular flexibility index (Phi) is 5.99. The van der Waals surface area contributed by atoms with E-state index >= 15 is 0 Å². The fourth-order valence-corrected chi connectivity index (χ4v) is 2.42. The van der Waals surface area contributed by atoms with Gasteiger partial charge in [-0.2, -0.15) is 0 Å². The van der Waals surface area contributed by atoms with Gasteiger partial charge in [0.15, 0.2) is 0 Å². The first-order chi connectivity index (χ1) is 7.13. The lowest BCUT2D eigenvalue weighted by atomic mass is 10.0.